The summed E-state index contributed by atoms with van der Waals surface area (Å²) < 4.78 is 1.09. The number of aryl methyl sites for hydroxylation is 1. The minimum Gasteiger partial charge on any atom is -0.480 e. The van der Waals surface area contributed by atoms with Gasteiger partial charge in [0.05, 0.1) is 10.9 Å². The highest BCUT2D eigenvalue weighted by Gasteiger charge is 2.27. The van der Waals surface area contributed by atoms with Crippen molar-refractivity contribution in [2.45, 2.75) is 26.3 Å². The second-order valence-corrected chi connectivity index (χ2v) is 6.73. The summed E-state index contributed by atoms with van der Waals surface area (Å²) in [6.45, 7) is 3.57. The van der Waals surface area contributed by atoms with Crippen molar-refractivity contribution in [3.63, 3.8) is 0 Å². The molecule has 1 atom stereocenters. The van der Waals surface area contributed by atoms with Gasteiger partial charge in [-0.3, -0.25) is 9.36 Å². The Labute approximate surface area is 152 Å². The summed E-state index contributed by atoms with van der Waals surface area (Å²) in [6, 6.07) is 6.07. The van der Waals surface area contributed by atoms with Crippen LogP contribution in [-0.4, -0.2) is 31.7 Å². The van der Waals surface area contributed by atoms with Gasteiger partial charge >= 0.3 is 11.9 Å². The van der Waals surface area contributed by atoms with Crippen LogP contribution in [-0.2, 0) is 4.79 Å². The maximum atomic E-state index is 13.1. The average molecular weight is 372 g/mol. The third kappa shape index (κ3) is 2.88. The lowest BCUT2D eigenvalue weighted by Gasteiger charge is -2.18. The first-order chi connectivity index (χ1) is 12.3. The smallest absolute Gasteiger partial charge is 0.337 e. The molecule has 0 aliphatic heterocycles. The molecule has 2 heterocycles. The number of hydrogen-bond donors (Lipinski definition) is 2. The molecular weight excluding hydrogens is 356 g/mol. The summed E-state index contributed by atoms with van der Waals surface area (Å²) >= 11 is 1.05. The van der Waals surface area contributed by atoms with Gasteiger partial charge in [0.2, 0.25) is 0 Å². The third-order valence-electron chi connectivity index (χ3n) is 4.16. The fraction of sp³-hybridized carbons (Fsp3) is 0.222. The Morgan fingerprint density at radius 1 is 1.23 bits per heavy atom. The number of benzene rings is 1. The lowest BCUT2D eigenvalue weighted by atomic mass is 10.1. The van der Waals surface area contributed by atoms with E-state index in [0.717, 1.165) is 21.5 Å². The zero-order chi connectivity index (χ0) is 19.0. The highest BCUT2D eigenvalue weighted by molar-refractivity contribution is 7.17. The molecule has 0 aliphatic carbocycles. The molecule has 1 unspecified atom stereocenters. The number of rotatable bonds is 5. The van der Waals surface area contributed by atoms with Gasteiger partial charge in [0.15, 0.2) is 0 Å². The molecule has 0 radical (unpaired) electrons. The minimum absolute atomic E-state index is 0.0574. The van der Waals surface area contributed by atoms with Crippen molar-refractivity contribution in [1.29, 1.82) is 0 Å². The lowest BCUT2D eigenvalue weighted by molar-refractivity contribution is -0.141. The predicted molar refractivity (Wildman–Crippen MR) is 98.0 cm³/mol. The first-order valence-corrected chi connectivity index (χ1v) is 8.80. The first-order valence-electron chi connectivity index (χ1n) is 7.92. The van der Waals surface area contributed by atoms with Crippen LogP contribution in [0.3, 0.4) is 0 Å². The van der Waals surface area contributed by atoms with Gasteiger partial charge in [-0.1, -0.05) is 36.8 Å². The summed E-state index contributed by atoms with van der Waals surface area (Å²) in [4.78, 5) is 40.9. The van der Waals surface area contributed by atoms with E-state index in [1.54, 1.807) is 19.1 Å². The van der Waals surface area contributed by atoms with E-state index in [4.69, 9.17) is 0 Å². The molecule has 0 aliphatic rings. The molecule has 26 heavy (non-hydrogen) atoms. The second kappa shape index (κ2) is 6.72. The molecule has 2 aromatic heterocycles. The highest BCUT2D eigenvalue weighted by atomic mass is 32.1. The van der Waals surface area contributed by atoms with E-state index in [-0.39, 0.29) is 28.0 Å². The number of aromatic nitrogens is 2. The zero-order valence-corrected chi connectivity index (χ0v) is 14.9. The Hall–Kier alpha value is -3.00. The Morgan fingerprint density at radius 3 is 2.42 bits per heavy atom. The molecule has 0 amide bonds. The van der Waals surface area contributed by atoms with E-state index < -0.39 is 23.5 Å². The molecule has 0 fully saturated rings. The number of hydrogen-bond acceptors (Lipinski definition) is 5. The van der Waals surface area contributed by atoms with Gasteiger partial charge in [0, 0.05) is 10.9 Å². The summed E-state index contributed by atoms with van der Waals surface area (Å²) in [7, 11) is 0. The fourth-order valence-electron chi connectivity index (χ4n) is 2.82. The number of carboxylic acids is 2. The van der Waals surface area contributed by atoms with Crippen molar-refractivity contribution < 1.29 is 19.8 Å². The summed E-state index contributed by atoms with van der Waals surface area (Å²) in [5.74, 6) is -2.19. The van der Waals surface area contributed by atoms with Gasteiger partial charge in [-0.25, -0.2) is 14.6 Å². The standard InChI is InChI=1S/C18H16N2O5S/c1-3-12(18(24)25)20-14(10-6-4-9(2)5-7-10)19-15-13(16(20)21)11(8-26-15)17(22)23/h4-8,12H,3H2,1-2H3,(H,22,23)(H,24,25). The predicted octanol–water partition coefficient (Wildman–Crippen LogP) is 3.17. The number of nitrogens with zero attached hydrogens (tertiary/aromatic N) is 2. The van der Waals surface area contributed by atoms with Crippen LogP contribution in [0.15, 0.2) is 34.4 Å². The van der Waals surface area contributed by atoms with Crippen LogP contribution in [0.4, 0.5) is 0 Å². The molecule has 3 rings (SSSR count). The fourth-order valence-corrected chi connectivity index (χ4v) is 3.73. The number of carbonyl (C=O) groups is 2. The Balaban J connectivity index is 2.43. The van der Waals surface area contributed by atoms with E-state index in [1.807, 2.05) is 19.1 Å². The monoisotopic (exact) mass is 372 g/mol. The van der Waals surface area contributed by atoms with Crippen molar-refractivity contribution in [2.75, 3.05) is 0 Å². The SMILES string of the molecule is CCC(C(=O)O)n1c(-c2ccc(C)cc2)nc2scc(C(=O)O)c2c1=O. The number of thiophene rings is 1. The van der Waals surface area contributed by atoms with Crippen molar-refractivity contribution in [3.8, 4) is 11.4 Å². The van der Waals surface area contributed by atoms with Crippen molar-refractivity contribution in [2.24, 2.45) is 0 Å². The topological polar surface area (TPSA) is 109 Å². The second-order valence-electron chi connectivity index (χ2n) is 5.87. The highest BCUT2D eigenvalue weighted by Crippen LogP contribution is 2.28. The van der Waals surface area contributed by atoms with Crippen LogP contribution in [0.2, 0.25) is 0 Å². The van der Waals surface area contributed by atoms with E-state index in [9.17, 15) is 24.6 Å². The van der Waals surface area contributed by atoms with Crippen molar-refractivity contribution >= 4 is 33.5 Å². The van der Waals surface area contributed by atoms with E-state index in [1.165, 1.54) is 5.38 Å². The molecule has 1 aromatic carbocycles. The van der Waals surface area contributed by atoms with Crippen LogP contribution in [0.25, 0.3) is 21.6 Å². The molecular formula is C18H16N2O5S. The van der Waals surface area contributed by atoms with Gasteiger partial charge in [0.25, 0.3) is 5.56 Å². The van der Waals surface area contributed by atoms with E-state index >= 15 is 0 Å². The lowest BCUT2D eigenvalue weighted by Crippen LogP contribution is -2.32. The van der Waals surface area contributed by atoms with Gasteiger partial charge in [-0.05, 0) is 13.3 Å². The van der Waals surface area contributed by atoms with Crippen LogP contribution >= 0.6 is 11.3 Å². The van der Waals surface area contributed by atoms with Crippen molar-refractivity contribution in [1.82, 2.24) is 9.55 Å². The molecule has 0 bridgehead atoms. The van der Waals surface area contributed by atoms with Crippen LogP contribution in [0.1, 0.15) is 35.3 Å². The molecule has 134 valence electrons. The number of aromatic carboxylic acids is 1. The molecule has 0 spiro atoms. The summed E-state index contributed by atoms with van der Waals surface area (Å²) in [5, 5.41) is 20.2. The minimum atomic E-state index is -1.24. The average Bonchev–Trinajstić information content (AvgIpc) is 3.02. The third-order valence-corrected chi connectivity index (χ3v) is 5.04. The molecule has 2 N–H and O–H groups in total. The maximum Gasteiger partial charge on any atom is 0.337 e. The zero-order valence-electron chi connectivity index (χ0n) is 14.1. The Bertz CT molecular complexity index is 1070. The number of fused-ring (bicyclic) bond motifs is 1. The van der Waals surface area contributed by atoms with Crippen LogP contribution < -0.4 is 5.56 Å². The van der Waals surface area contributed by atoms with Crippen LogP contribution in [0.5, 0.6) is 0 Å². The van der Waals surface area contributed by atoms with Gasteiger partial charge < -0.3 is 10.2 Å². The van der Waals surface area contributed by atoms with Crippen molar-refractivity contribution in [3.05, 3.63) is 51.1 Å². The van der Waals surface area contributed by atoms with Gasteiger partial charge in [-0.2, -0.15) is 0 Å². The Morgan fingerprint density at radius 2 is 1.88 bits per heavy atom. The Kier molecular flexibility index (Phi) is 4.60. The molecule has 8 heteroatoms. The van der Waals surface area contributed by atoms with Gasteiger partial charge in [-0.15, -0.1) is 11.3 Å². The molecule has 7 nitrogen and oxygen atoms in total. The molecule has 3 aromatic rings. The van der Waals surface area contributed by atoms with Crippen LogP contribution in [0, 0.1) is 6.92 Å². The summed E-state index contributed by atoms with van der Waals surface area (Å²) in [6.07, 6.45) is 0.161. The molecule has 0 saturated heterocycles. The molecule has 0 saturated carbocycles. The number of aliphatic carboxylic acids is 1. The summed E-state index contributed by atoms with van der Waals surface area (Å²) in [5.41, 5.74) is 0.795. The van der Waals surface area contributed by atoms with E-state index in [2.05, 4.69) is 4.98 Å². The van der Waals surface area contributed by atoms with Gasteiger partial charge in [0.1, 0.15) is 16.7 Å². The maximum absolute atomic E-state index is 13.1. The largest absolute Gasteiger partial charge is 0.480 e. The normalized spacial score (nSPS) is 12.2. The quantitative estimate of drug-likeness (QED) is 0.712. The van der Waals surface area contributed by atoms with E-state index in [0.29, 0.717) is 5.56 Å². The number of carboxylic acid groups (broad SMARTS) is 2. The first kappa shape index (κ1) is 17.8.